The molecule has 0 atom stereocenters. The first kappa shape index (κ1) is 23.0. The number of pyridine rings is 1. The van der Waals surface area contributed by atoms with Gasteiger partial charge in [-0.2, -0.15) is 5.26 Å². The molecule has 0 unspecified atom stereocenters. The Kier molecular flexibility index (Phi) is 7.21. The first-order valence-electron chi connectivity index (χ1n) is 10.6. The Bertz CT molecular complexity index is 1340. The van der Waals surface area contributed by atoms with Crippen molar-refractivity contribution >= 4 is 39.6 Å². The number of aromatic nitrogens is 1. The molecule has 0 spiro atoms. The van der Waals surface area contributed by atoms with E-state index >= 15 is 0 Å². The third-order valence-electron chi connectivity index (χ3n) is 5.03. The minimum absolute atomic E-state index is 0.408. The molecule has 3 N–H and O–H groups in total. The molecule has 0 radical (unpaired) electrons. The highest BCUT2D eigenvalue weighted by Gasteiger charge is 2.15. The van der Waals surface area contributed by atoms with Crippen molar-refractivity contribution in [2.45, 2.75) is 6.42 Å². The largest absolute Gasteiger partial charge is 0.493 e. The number of nitrogen functional groups attached to an aromatic ring is 1. The van der Waals surface area contributed by atoms with Crippen molar-refractivity contribution in [3.8, 4) is 29.1 Å². The zero-order valence-electron chi connectivity index (χ0n) is 18.5. The van der Waals surface area contributed by atoms with Crippen LogP contribution < -0.4 is 25.3 Å². The van der Waals surface area contributed by atoms with Gasteiger partial charge in [0.25, 0.3) is 0 Å². The molecule has 3 aromatic carbocycles. The minimum atomic E-state index is 0.408. The summed E-state index contributed by atoms with van der Waals surface area (Å²) < 4.78 is 17.2. The molecule has 0 aliphatic rings. The Morgan fingerprint density at radius 3 is 2.59 bits per heavy atom. The lowest BCUT2D eigenvalue weighted by atomic mass is 10.1. The number of hydrogen-bond donors (Lipinski definition) is 2. The van der Waals surface area contributed by atoms with Gasteiger partial charge in [-0.15, -0.1) is 11.6 Å². The number of benzene rings is 3. The number of hydrogen-bond acceptors (Lipinski definition) is 7. The van der Waals surface area contributed by atoms with Crippen molar-refractivity contribution in [3.63, 3.8) is 0 Å². The summed E-state index contributed by atoms with van der Waals surface area (Å²) in [4.78, 5) is 4.43. The topological polar surface area (TPSA) is 102 Å². The summed E-state index contributed by atoms with van der Waals surface area (Å²) in [6, 6.07) is 20.5. The lowest BCUT2D eigenvalue weighted by Crippen LogP contribution is -2.02. The minimum Gasteiger partial charge on any atom is -0.493 e. The van der Waals surface area contributed by atoms with Gasteiger partial charge < -0.3 is 25.3 Å². The van der Waals surface area contributed by atoms with Gasteiger partial charge in [0.15, 0.2) is 11.5 Å². The predicted molar refractivity (Wildman–Crippen MR) is 134 cm³/mol. The van der Waals surface area contributed by atoms with Crippen LogP contribution in [0.15, 0.2) is 66.9 Å². The molecular formula is C26H23ClN4O3. The second-order valence-corrected chi connectivity index (χ2v) is 7.77. The van der Waals surface area contributed by atoms with Crippen LogP contribution >= 0.6 is 11.6 Å². The number of halogens is 1. The van der Waals surface area contributed by atoms with Crippen molar-refractivity contribution in [3.05, 3.63) is 72.4 Å². The normalized spacial score (nSPS) is 10.5. The van der Waals surface area contributed by atoms with Crippen LogP contribution in [0.2, 0.25) is 0 Å². The first-order chi connectivity index (χ1) is 16.6. The number of anilines is 3. The highest BCUT2D eigenvalue weighted by atomic mass is 35.5. The van der Waals surface area contributed by atoms with Crippen molar-refractivity contribution in [1.82, 2.24) is 4.98 Å². The molecule has 0 saturated carbocycles. The molecule has 1 aromatic heterocycles. The van der Waals surface area contributed by atoms with E-state index in [0.717, 1.165) is 11.1 Å². The number of nitrogens with two attached hydrogens (primary N) is 1. The Morgan fingerprint density at radius 1 is 1.06 bits per heavy atom. The van der Waals surface area contributed by atoms with E-state index in [1.807, 2.05) is 42.5 Å². The summed E-state index contributed by atoms with van der Waals surface area (Å²) >= 11 is 5.75. The standard InChI is InChI=1S/C26H23ClN4O3/c1-32-24-13-22-23(14-25(24)33-11-3-10-27)30-16-17(15-28)26(22)31-19-6-8-20(9-7-19)34-21-5-2-4-18(29)12-21/h2,4-9,12-14,16H,3,10-11,29H2,1H3,(H,30,31). The van der Waals surface area contributed by atoms with Gasteiger partial charge in [0, 0.05) is 41.0 Å². The predicted octanol–water partition coefficient (Wildman–Crippen LogP) is 6.24. The zero-order valence-corrected chi connectivity index (χ0v) is 19.3. The van der Waals surface area contributed by atoms with E-state index < -0.39 is 0 Å². The molecule has 4 aromatic rings. The molecule has 0 saturated heterocycles. The van der Waals surface area contributed by atoms with E-state index in [1.165, 1.54) is 6.20 Å². The molecular weight excluding hydrogens is 452 g/mol. The summed E-state index contributed by atoms with van der Waals surface area (Å²) in [5.74, 6) is 2.96. The lowest BCUT2D eigenvalue weighted by Gasteiger charge is -2.15. The number of nitrogens with one attached hydrogen (secondary N) is 1. The maximum atomic E-state index is 9.68. The number of fused-ring (bicyclic) bond motifs is 1. The third-order valence-corrected chi connectivity index (χ3v) is 5.29. The fourth-order valence-corrected chi connectivity index (χ4v) is 3.50. The van der Waals surface area contributed by atoms with Gasteiger partial charge in [-0.1, -0.05) is 6.07 Å². The second kappa shape index (κ2) is 10.6. The monoisotopic (exact) mass is 474 g/mol. The van der Waals surface area contributed by atoms with E-state index in [-0.39, 0.29) is 0 Å². The SMILES string of the molecule is COc1cc2c(Nc3ccc(Oc4cccc(N)c4)cc3)c(C#N)cnc2cc1OCCCCl. The molecule has 7 nitrogen and oxygen atoms in total. The Labute approximate surface area is 202 Å². The number of nitrogens with zero attached hydrogens (tertiary/aromatic N) is 2. The first-order valence-corrected chi connectivity index (χ1v) is 11.1. The molecule has 0 aliphatic heterocycles. The summed E-state index contributed by atoms with van der Waals surface area (Å²) in [6.45, 7) is 0.469. The van der Waals surface area contributed by atoms with Crippen molar-refractivity contribution < 1.29 is 14.2 Å². The number of methoxy groups -OCH3 is 1. The van der Waals surface area contributed by atoms with Crippen molar-refractivity contribution in [1.29, 1.82) is 5.26 Å². The van der Waals surface area contributed by atoms with Crippen LogP contribution in [0.3, 0.4) is 0 Å². The van der Waals surface area contributed by atoms with Crippen molar-refractivity contribution in [2.75, 3.05) is 30.6 Å². The van der Waals surface area contributed by atoms with Gasteiger partial charge >= 0.3 is 0 Å². The molecule has 0 amide bonds. The summed E-state index contributed by atoms with van der Waals surface area (Å²) in [6.07, 6.45) is 2.25. The van der Waals surface area contributed by atoms with E-state index in [2.05, 4.69) is 16.4 Å². The number of ether oxygens (including phenoxy) is 3. The molecule has 172 valence electrons. The molecule has 0 fully saturated rings. The number of alkyl halides is 1. The van der Waals surface area contributed by atoms with Crippen LogP contribution in [0.1, 0.15) is 12.0 Å². The lowest BCUT2D eigenvalue weighted by molar-refractivity contribution is 0.295. The van der Waals surface area contributed by atoms with Gasteiger partial charge in [0.05, 0.1) is 30.5 Å². The molecule has 0 aliphatic carbocycles. The average molecular weight is 475 g/mol. The molecule has 34 heavy (non-hydrogen) atoms. The van der Waals surface area contributed by atoms with Gasteiger partial charge in [-0.25, -0.2) is 0 Å². The Morgan fingerprint density at radius 2 is 1.88 bits per heavy atom. The Hall–Kier alpha value is -4.15. The third kappa shape index (κ3) is 5.25. The smallest absolute Gasteiger partial charge is 0.163 e. The van der Waals surface area contributed by atoms with E-state index in [9.17, 15) is 5.26 Å². The van der Waals surface area contributed by atoms with Gasteiger partial charge in [0.1, 0.15) is 17.6 Å². The van der Waals surface area contributed by atoms with E-state index in [1.54, 1.807) is 25.3 Å². The highest BCUT2D eigenvalue weighted by molar-refractivity contribution is 6.17. The quantitative estimate of drug-likeness (QED) is 0.168. The van der Waals surface area contributed by atoms with Gasteiger partial charge in [-0.3, -0.25) is 4.98 Å². The summed E-state index contributed by atoms with van der Waals surface area (Å²) in [7, 11) is 1.57. The summed E-state index contributed by atoms with van der Waals surface area (Å²) in [5.41, 5.74) is 8.93. The summed E-state index contributed by atoms with van der Waals surface area (Å²) in [5, 5.41) is 13.8. The van der Waals surface area contributed by atoms with Crippen LogP contribution in [0.5, 0.6) is 23.0 Å². The zero-order chi connectivity index (χ0) is 23.9. The molecule has 1 heterocycles. The van der Waals surface area contributed by atoms with Crippen LogP contribution in [0, 0.1) is 11.3 Å². The number of nitriles is 1. The van der Waals surface area contributed by atoms with Crippen LogP contribution in [0.25, 0.3) is 10.9 Å². The molecule has 0 bridgehead atoms. The maximum absolute atomic E-state index is 9.68. The van der Waals surface area contributed by atoms with E-state index in [0.29, 0.717) is 64.4 Å². The Balaban J connectivity index is 1.63. The highest BCUT2D eigenvalue weighted by Crippen LogP contribution is 2.37. The second-order valence-electron chi connectivity index (χ2n) is 7.39. The van der Waals surface area contributed by atoms with Crippen LogP contribution in [-0.2, 0) is 0 Å². The number of rotatable bonds is 9. The van der Waals surface area contributed by atoms with Gasteiger partial charge in [-0.05, 0) is 48.9 Å². The van der Waals surface area contributed by atoms with Crippen LogP contribution in [0.4, 0.5) is 17.1 Å². The van der Waals surface area contributed by atoms with E-state index in [4.69, 9.17) is 31.5 Å². The van der Waals surface area contributed by atoms with Gasteiger partial charge in [0.2, 0.25) is 0 Å². The average Bonchev–Trinajstić information content (AvgIpc) is 2.85. The maximum Gasteiger partial charge on any atom is 0.163 e. The molecule has 4 rings (SSSR count). The van der Waals surface area contributed by atoms with Crippen LogP contribution in [-0.4, -0.2) is 24.6 Å². The molecule has 8 heteroatoms. The fraction of sp³-hybridized carbons (Fsp3) is 0.154. The van der Waals surface area contributed by atoms with Crippen molar-refractivity contribution in [2.24, 2.45) is 0 Å². The fourth-order valence-electron chi connectivity index (χ4n) is 3.39.